The Bertz CT molecular complexity index is 2100. The van der Waals surface area contributed by atoms with Gasteiger partial charge >= 0.3 is 0 Å². The minimum absolute atomic E-state index is 0.409. The van der Waals surface area contributed by atoms with Crippen molar-refractivity contribution in [2.45, 2.75) is 30.1 Å². The summed E-state index contributed by atoms with van der Waals surface area (Å²) in [6.45, 7) is 4.16. The molecule has 0 saturated carbocycles. The van der Waals surface area contributed by atoms with E-state index >= 15 is 0 Å². The highest BCUT2D eigenvalue weighted by molar-refractivity contribution is 5.94. The van der Waals surface area contributed by atoms with E-state index in [0.717, 1.165) is 19.3 Å². The first-order valence-corrected chi connectivity index (χ1v) is 16.2. The minimum atomic E-state index is -0.463. The molecule has 0 amide bonds. The first-order chi connectivity index (χ1) is 22.3. The van der Waals surface area contributed by atoms with Crippen molar-refractivity contribution >= 4 is 5.57 Å². The Morgan fingerprint density at radius 2 is 1.11 bits per heavy atom. The molecule has 0 nitrogen and oxygen atoms in total. The molecule has 0 aliphatic heterocycles. The zero-order valence-electron chi connectivity index (χ0n) is 25.3. The van der Waals surface area contributed by atoms with Gasteiger partial charge in [0, 0.05) is 0 Å². The van der Waals surface area contributed by atoms with Crippen molar-refractivity contribution in [3.05, 3.63) is 220 Å². The van der Waals surface area contributed by atoms with Crippen molar-refractivity contribution in [2.75, 3.05) is 0 Å². The van der Waals surface area contributed by atoms with Crippen molar-refractivity contribution < 1.29 is 0 Å². The zero-order chi connectivity index (χ0) is 30.0. The smallest absolute Gasteiger partial charge is 0.0717 e. The lowest BCUT2D eigenvalue weighted by Gasteiger charge is -2.50. The molecule has 9 rings (SSSR count). The number of allylic oxidation sites excluding steroid dienone is 9. The monoisotopic (exact) mass is 574 g/mol. The second kappa shape index (κ2) is 9.91. The summed E-state index contributed by atoms with van der Waals surface area (Å²) in [5.74, 6) is 0. The number of rotatable bonds is 4. The molecule has 0 heterocycles. The van der Waals surface area contributed by atoms with Crippen molar-refractivity contribution in [2.24, 2.45) is 0 Å². The second-order valence-electron chi connectivity index (χ2n) is 12.7. The van der Waals surface area contributed by atoms with Gasteiger partial charge in [-0.25, -0.2) is 0 Å². The molecule has 4 aliphatic rings. The van der Waals surface area contributed by atoms with Crippen LogP contribution in [0.2, 0.25) is 0 Å². The molecule has 0 radical (unpaired) electrons. The summed E-state index contributed by atoms with van der Waals surface area (Å²) in [5.41, 5.74) is 17.2. The lowest BCUT2D eigenvalue weighted by atomic mass is 9.51. The molecule has 0 aromatic heterocycles. The standard InChI is InChI=1S/C45H34/c1-2-3-23-42-43(30-31-17-5-4-6-18-31)45(38-26-13-9-21-34(38)35-22-10-14-27-39(35)45)41-29-16-15-28-40(41)44(42)36-24-11-7-19-32(36)33-20-8-12-25-37(33)44/h2-9,11-21,23-29H,1,10,22,30H2/b23-3-. The minimum Gasteiger partial charge on any atom is -0.0991 e. The van der Waals surface area contributed by atoms with E-state index in [2.05, 4.69) is 158 Å². The second-order valence-corrected chi connectivity index (χ2v) is 12.7. The topological polar surface area (TPSA) is 0 Å². The molecule has 2 spiro atoms. The largest absolute Gasteiger partial charge is 0.0991 e. The van der Waals surface area contributed by atoms with Crippen molar-refractivity contribution in [3.63, 3.8) is 0 Å². The summed E-state index contributed by atoms with van der Waals surface area (Å²) in [6, 6.07) is 47.9. The van der Waals surface area contributed by atoms with Gasteiger partial charge in [-0.2, -0.15) is 0 Å². The van der Waals surface area contributed by atoms with Gasteiger partial charge in [0.05, 0.1) is 10.8 Å². The van der Waals surface area contributed by atoms with E-state index < -0.39 is 10.8 Å². The fourth-order valence-electron chi connectivity index (χ4n) is 9.24. The maximum atomic E-state index is 4.16. The molecule has 5 aromatic carbocycles. The summed E-state index contributed by atoms with van der Waals surface area (Å²) >= 11 is 0. The SMILES string of the molecule is C=C/C=C\C1=C(Cc2ccccc2)C2(C3=C(CCC=C3)c3ccccc32)c2ccccc2C12c1ccccc1-c1ccccc12. The molecule has 5 aromatic rings. The Morgan fingerprint density at radius 3 is 1.76 bits per heavy atom. The molecule has 0 N–H and O–H groups in total. The molecule has 214 valence electrons. The summed E-state index contributed by atoms with van der Waals surface area (Å²) < 4.78 is 0. The van der Waals surface area contributed by atoms with Crippen LogP contribution in [0.15, 0.2) is 181 Å². The molecular formula is C45H34. The van der Waals surface area contributed by atoms with Gasteiger partial charge in [-0.15, -0.1) is 0 Å². The summed E-state index contributed by atoms with van der Waals surface area (Å²) in [5, 5.41) is 0. The summed E-state index contributed by atoms with van der Waals surface area (Å²) in [4.78, 5) is 0. The van der Waals surface area contributed by atoms with Crippen molar-refractivity contribution in [1.82, 2.24) is 0 Å². The third kappa shape index (κ3) is 3.32. The van der Waals surface area contributed by atoms with Gasteiger partial charge < -0.3 is 0 Å². The predicted molar refractivity (Wildman–Crippen MR) is 187 cm³/mol. The molecule has 0 saturated heterocycles. The Hall–Kier alpha value is -5.20. The molecule has 0 fully saturated rings. The lowest BCUT2D eigenvalue weighted by Crippen LogP contribution is -2.45. The number of hydrogen-bond donors (Lipinski definition) is 0. The number of fused-ring (bicyclic) bond motifs is 12. The average molecular weight is 575 g/mol. The van der Waals surface area contributed by atoms with Crippen LogP contribution in [0, 0.1) is 0 Å². The van der Waals surface area contributed by atoms with Gasteiger partial charge in [0.25, 0.3) is 0 Å². The Balaban J connectivity index is 1.53. The molecule has 4 aliphatic carbocycles. The summed E-state index contributed by atoms with van der Waals surface area (Å²) in [6.07, 6.45) is 14.4. The highest BCUT2D eigenvalue weighted by atomic mass is 14.6. The third-order valence-electron chi connectivity index (χ3n) is 10.7. The average Bonchev–Trinajstić information content (AvgIpc) is 3.57. The maximum Gasteiger partial charge on any atom is 0.0717 e. The third-order valence-corrected chi connectivity index (χ3v) is 10.7. The lowest BCUT2D eigenvalue weighted by molar-refractivity contribution is 0.605. The molecule has 1 atom stereocenters. The van der Waals surface area contributed by atoms with E-state index in [-0.39, 0.29) is 0 Å². The van der Waals surface area contributed by atoms with Crippen LogP contribution in [-0.4, -0.2) is 0 Å². The first kappa shape index (κ1) is 26.2. The highest BCUT2D eigenvalue weighted by Gasteiger charge is 2.59. The van der Waals surface area contributed by atoms with Crippen LogP contribution >= 0.6 is 0 Å². The van der Waals surface area contributed by atoms with E-state index in [1.165, 1.54) is 72.4 Å². The molecular weight excluding hydrogens is 540 g/mol. The van der Waals surface area contributed by atoms with E-state index in [1.54, 1.807) is 0 Å². The van der Waals surface area contributed by atoms with E-state index in [4.69, 9.17) is 0 Å². The number of hydrogen-bond acceptors (Lipinski definition) is 0. The van der Waals surface area contributed by atoms with Crippen molar-refractivity contribution in [3.8, 4) is 11.1 Å². The van der Waals surface area contributed by atoms with Crippen LogP contribution in [0.4, 0.5) is 0 Å². The fourth-order valence-corrected chi connectivity index (χ4v) is 9.24. The van der Waals surface area contributed by atoms with Gasteiger partial charge in [-0.3, -0.25) is 0 Å². The van der Waals surface area contributed by atoms with Gasteiger partial charge in [0.15, 0.2) is 0 Å². The molecule has 0 bridgehead atoms. The quantitative estimate of drug-likeness (QED) is 0.187. The normalized spacial score (nSPS) is 19.9. The van der Waals surface area contributed by atoms with Crippen LogP contribution in [0.5, 0.6) is 0 Å². The van der Waals surface area contributed by atoms with Gasteiger partial charge in [0.2, 0.25) is 0 Å². The Morgan fingerprint density at radius 1 is 0.578 bits per heavy atom. The van der Waals surface area contributed by atoms with Crippen LogP contribution in [-0.2, 0) is 17.3 Å². The van der Waals surface area contributed by atoms with Crippen LogP contribution < -0.4 is 0 Å². The van der Waals surface area contributed by atoms with Gasteiger partial charge in [0.1, 0.15) is 0 Å². The zero-order valence-corrected chi connectivity index (χ0v) is 25.3. The number of benzene rings is 5. The maximum absolute atomic E-state index is 4.16. The Labute approximate surface area is 266 Å². The summed E-state index contributed by atoms with van der Waals surface area (Å²) in [7, 11) is 0. The molecule has 45 heavy (non-hydrogen) atoms. The Kier molecular flexibility index (Phi) is 5.77. The van der Waals surface area contributed by atoms with Crippen molar-refractivity contribution in [1.29, 1.82) is 0 Å². The van der Waals surface area contributed by atoms with Crippen LogP contribution in [0.3, 0.4) is 0 Å². The van der Waals surface area contributed by atoms with Crippen LogP contribution in [0.25, 0.3) is 16.7 Å². The van der Waals surface area contributed by atoms with Gasteiger partial charge in [-0.1, -0.05) is 164 Å². The molecule has 1 unspecified atom stereocenters. The predicted octanol–water partition coefficient (Wildman–Crippen LogP) is 10.7. The van der Waals surface area contributed by atoms with E-state index in [9.17, 15) is 0 Å². The molecule has 0 heteroatoms. The fraction of sp³-hybridized carbons (Fsp3) is 0.111. The van der Waals surface area contributed by atoms with Gasteiger partial charge in [-0.05, 0) is 91.6 Å². The highest BCUT2D eigenvalue weighted by Crippen LogP contribution is 2.68. The van der Waals surface area contributed by atoms with E-state index in [0.29, 0.717) is 0 Å². The van der Waals surface area contributed by atoms with Crippen LogP contribution in [0.1, 0.15) is 51.8 Å². The first-order valence-electron chi connectivity index (χ1n) is 16.2. The van der Waals surface area contributed by atoms with E-state index in [1.807, 2.05) is 6.08 Å².